The van der Waals surface area contributed by atoms with Crippen LogP contribution in [0.1, 0.15) is 37.8 Å². The lowest BCUT2D eigenvalue weighted by Crippen LogP contribution is -2.25. The van der Waals surface area contributed by atoms with E-state index in [4.69, 9.17) is 9.47 Å². The van der Waals surface area contributed by atoms with Crippen molar-refractivity contribution in [3.05, 3.63) is 83.9 Å². The summed E-state index contributed by atoms with van der Waals surface area (Å²) in [7, 11) is 0. The molecule has 3 heteroatoms. The number of hydrogen-bond donors (Lipinski definition) is 0. The van der Waals surface area contributed by atoms with Crippen molar-refractivity contribution in [3.8, 4) is 11.5 Å². The van der Waals surface area contributed by atoms with E-state index < -0.39 is 0 Å². The fraction of sp³-hybridized carbons (Fsp3) is 0.333. The maximum atomic E-state index is 6.43. The van der Waals surface area contributed by atoms with Gasteiger partial charge in [-0.1, -0.05) is 60.7 Å². The Bertz CT molecular complexity index is 1240. The van der Waals surface area contributed by atoms with Gasteiger partial charge in [-0.05, 0) is 73.5 Å². The first-order valence-corrected chi connectivity index (χ1v) is 12.2. The predicted octanol–water partition coefficient (Wildman–Crippen LogP) is 6.85. The minimum atomic E-state index is 0.119. The topological polar surface area (TPSA) is 21.7 Å². The summed E-state index contributed by atoms with van der Waals surface area (Å²) in [6, 6.07) is 25.8. The van der Waals surface area contributed by atoms with Crippen molar-refractivity contribution in [2.45, 2.75) is 39.2 Å². The molecule has 0 atom stereocenters. The van der Waals surface area contributed by atoms with E-state index in [2.05, 4.69) is 91.5 Å². The summed E-state index contributed by atoms with van der Waals surface area (Å²) >= 11 is 0. The molecule has 5 rings (SSSR count). The molecule has 4 aromatic rings. The van der Waals surface area contributed by atoms with E-state index in [-0.39, 0.29) is 6.10 Å². The molecule has 0 unspecified atom stereocenters. The Morgan fingerprint density at radius 1 is 0.727 bits per heavy atom. The second-order valence-electron chi connectivity index (χ2n) is 9.27. The number of ether oxygens (including phenoxy) is 2. The summed E-state index contributed by atoms with van der Waals surface area (Å²) in [5.41, 5.74) is 2.46. The first-order valence-electron chi connectivity index (χ1n) is 12.2. The van der Waals surface area contributed by atoms with Gasteiger partial charge in [0.2, 0.25) is 0 Å². The summed E-state index contributed by atoms with van der Waals surface area (Å²) in [4.78, 5) is 2.50. The lowest BCUT2D eigenvalue weighted by molar-refractivity contribution is 0.236. The molecule has 0 saturated carbocycles. The van der Waals surface area contributed by atoms with Crippen molar-refractivity contribution >= 4 is 21.5 Å². The Morgan fingerprint density at radius 2 is 1.30 bits per heavy atom. The Hall–Kier alpha value is -3.04. The molecule has 0 aromatic heterocycles. The van der Waals surface area contributed by atoms with E-state index in [0.717, 1.165) is 31.1 Å². The van der Waals surface area contributed by atoms with Crippen molar-refractivity contribution < 1.29 is 9.47 Å². The van der Waals surface area contributed by atoms with Crippen LogP contribution in [-0.2, 0) is 6.42 Å². The van der Waals surface area contributed by atoms with E-state index in [1.807, 2.05) is 0 Å². The average Bonchev–Trinajstić information content (AvgIpc) is 3.35. The molecule has 3 nitrogen and oxygen atoms in total. The Labute approximate surface area is 196 Å². The highest BCUT2D eigenvalue weighted by atomic mass is 16.5. The molecule has 170 valence electrons. The zero-order chi connectivity index (χ0) is 22.6. The van der Waals surface area contributed by atoms with Crippen LogP contribution in [-0.4, -0.2) is 37.2 Å². The number of benzene rings is 4. The second-order valence-corrected chi connectivity index (χ2v) is 9.27. The molecule has 0 N–H and O–H groups in total. The van der Waals surface area contributed by atoms with Crippen molar-refractivity contribution in [2.24, 2.45) is 0 Å². The molecule has 1 fully saturated rings. The lowest BCUT2D eigenvalue weighted by atomic mass is 9.93. The number of nitrogens with zero attached hydrogens (tertiary/aromatic N) is 1. The molecule has 1 aliphatic heterocycles. The van der Waals surface area contributed by atoms with Gasteiger partial charge in [-0.15, -0.1) is 0 Å². The van der Waals surface area contributed by atoms with Crippen LogP contribution in [0.2, 0.25) is 0 Å². The van der Waals surface area contributed by atoms with Crippen LogP contribution in [0.15, 0.2) is 72.8 Å². The van der Waals surface area contributed by atoms with Crippen LogP contribution < -0.4 is 9.47 Å². The zero-order valence-electron chi connectivity index (χ0n) is 19.7. The van der Waals surface area contributed by atoms with Gasteiger partial charge >= 0.3 is 0 Å². The maximum absolute atomic E-state index is 6.43. The molecule has 1 heterocycles. The van der Waals surface area contributed by atoms with Gasteiger partial charge in [-0.25, -0.2) is 0 Å². The van der Waals surface area contributed by atoms with Crippen molar-refractivity contribution in [3.63, 3.8) is 0 Å². The van der Waals surface area contributed by atoms with Gasteiger partial charge in [0, 0.05) is 24.1 Å². The van der Waals surface area contributed by atoms with Crippen LogP contribution in [0, 0.1) is 0 Å². The number of hydrogen-bond acceptors (Lipinski definition) is 3. The summed E-state index contributed by atoms with van der Waals surface area (Å²) in [6.45, 7) is 8.27. The highest BCUT2D eigenvalue weighted by Gasteiger charge is 2.17. The number of fused-ring (bicyclic) bond motifs is 2. The molecule has 1 aliphatic rings. The smallest absolute Gasteiger partial charge is 0.123 e. The Kier molecular flexibility index (Phi) is 6.50. The molecule has 0 amide bonds. The predicted molar refractivity (Wildman–Crippen MR) is 138 cm³/mol. The standard InChI is InChI=1S/C30H33NO2/c1-22(2)33-30-16-14-24-10-4-6-12-26(24)28(30)21-27-25-11-5-3-9-23(25)13-15-29(27)32-20-19-31-17-7-8-18-31/h3-6,9-16,22H,7-8,17-21H2,1-2H3. The van der Waals surface area contributed by atoms with Crippen LogP contribution in [0.3, 0.4) is 0 Å². The number of rotatable bonds is 8. The molecule has 1 saturated heterocycles. The SMILES string of the molecule is CC(C)Oc1ccc2ccccc2c1Cc1c(OCCN2CCCC2)ccc2ccccc12. The molecular weight excluding hydrogens is 406 g/mol. The van der Waals surface area contributed by atoms with Crippen molar-refractivity contribution in [1.82, 2.24) is 4.90 Å². The summed E-state index contributed by atoms with van der Waals surface area (Å²) < 4.78 is 12.7. The Balaban J connectivity index is 1.55. The molecule has 0 spiro atoms. The Morgan fingerprint density at radius 3 is 1.94 bits per heavy atom. The van der Waals surface area contributed by atoms with Crippen LogP contribution in [0.5, 0.6) is 11.5 Å². The first kappa shape index (κ1) is 21.8. The van der Waals surface area contributed by atoms with Crippen LogP contribution in [0.4, 0.5) is 0 Å². The monoisotopic (exact) mass is 439 g/mol. The quantitative estimate of drug-likeness (QED) is 0.300. The lowest BCUT2D eigenvalue weighted by Gasteiger charge is -2.20. The fourth-order valence-electron chi connectivity index (χ4n) is 4.96. The molecule has 0 radical (unpaired) electrons. The highest BCUT2D eigenvalue weighted by molar-refractivity contribution is 5.91. The second kappa shape index (κ2) is 9.84. The van der Waals surface area contributed by atoms with Gasteiger partial charge in [-0.2, -0.15) is 0 Å². The number of likely N-dealkylation sites (tertiary alicyclic amines) is 1. The van der Waals surface area contributed by atoms with E-state index in [0.29, 0.717) is 0 Å². The van der Waals surface area contributed by atoms with Gasteiger partial charge in [-0.3, -0.25) is 4.90 Å². The average molecular weight is 440 g/mol. The van der Waals surface area contributed by atoms with Crippen LogP contribution in [0.25, 0.3) is 21.5 Å². The largest absolute Gasteiger partial charge is 0.492 e. The fourth-order valence-corrected chi connectivity index (χ4v) is 4.96. The molecular formula is C30H33NO2. The summed E-state index contributed by atoms with van der Waals surface area (Å²) in [5.74, 6) is 1.94. The van der Waals surface area contributed by atoms with Gasteiger partial charge < -0.3 is 9.47 Å². The van der Waals surface area contributed by atoms with E-state index in [9.17, 15) is 0 Å². The highest BCUT2D eigenvalue weighted by Crippen LogP contribution is 2.36. The van der Waals surface area contributed by atoms with E-state index in [1.54, 1.807) is 0 Å². The normalized spacial score (nSPS) is 14.4. The summed E-state index contributed by atoms with van der Waals surface area (Å²) in [6.07, 6.45) is 3.50. The first-order chi connectivity index (χ1) is 16.2. The summed E-state index contributed by atoms with van der Waals surface area (Å²) in [5, 5.41) is 4.97. The molecule has 0 aliphatic carbocycles. The minimum absolute atomic E-state index is 0.119. The molecule has 4 aromatic carbocycles. The van der Waals surface area contributed by atoms with E-state index in [1.165, 1.54) is 58.6 Å². The third-order valence-electron chi connectivity index (χ3n) is 6.58. The van der Waals surface area contributed by atoms with Gasteiger partial charge in [0.05, 0.1) is 6.10 Å². The molecule has 0 bridgehead atoms. The van der Waals surface area contributed by atoms with E-state index >= 15 is 0 Å². The maximum Gasteiger partial charge on any atom is 0.123 e. The molecule has 33 heavy (non-hydrogen) atoms. The minimum Gasteiger partial charge on any atom is -0.492 e. The van der Waals surface area contributed by atoms with Gasteiger partial charge in [0.15, 0.2) is 0 Å². The third kappa shape index (κ3) is 4.84. The van der Waals surface area contributed by atoms with Gasteiger partial charge in [0.25, 0.3) is 0 Å². The van der Waals surface area contributed by atoms with Crippen molar-refractivity contribution in [2.75, 3.05) is 26.2 Å². The van der Waals surface area contributed by atoms with Crippen LogP contribution >= 0.6 is 0 Å². The van der Waals surface area contributed by atoms with Gasteiger partial charge in [0.1, 0.15) is 18.1 Å². The zero-order valence-corrected chi connectivity index (χ0v) is 19.7. The van der Waals surface area contributed by atoms with Crippen molar-refractivity contribution in [1.29, 1.82) is 0 Å². The third-order valence-corrected chi connectivity index (χ3v) is 6.58.